The van der Waals surface area contributed by atoms with Crippen LogP contribution < -0.4 is 4.98 Å². The molecule has 1 aromatic rings. The zero-order chi connectivity index (χ0) is 7.40. The fourth-order valence-electron chi connectivity index (χ4n) is 1.10. The highest BCUT2D eigenvalue weighted by molar-refractivity contribution is 5.18. The molecule has 0 aromatic carbocycles. The van der Waals surface area contributed by atoms with Gasteiger partial charge in [-0.25, -0.2) is 4.98 Å². The molecule has 0 atom stereocenters. The molecule has 0 spiro atoms. The zero-order valence-electron chi connectivity index (χ0n) is 6.65. The van der Waals surface area contributed by atoms with Crippen LogP contribution in [-0.2, 0) is 6.42 Å². The Labute approximate surface area is 62.1 Å². The first kappa shape index (κ1) is 7.26. The van der Waals surface area contributed by atoms with Crippen LogP contribution in [0.4, 0.5) is 0 Å². The van der Waals surface area contributed by atoms with E-state index in [1.165, 1.54) is 24.0 Å². The highest BCUT2D eigenvalue weighted by Gasteiger charge is 1.96. The van der Waals surface area contributed by atoms with Crippen LogP contribution in [-0.4, -0.2) is 0 Å². The van der Waals surface area contributed by atoms with Crippen molar-refractivity contribution in [3.05, 3.63) is 29.6 Å². The van der Waals surface area contributed by atoms with Crippen LogP contribution in [0.1, 0.15) is 24.5 Å². The quantitative estimate of drug-likeness (QED) is 0.588. The van der Waals surface area contributed by atoms with Gasteiger partial charge < -0.3 is 0 Å². The number of hydrogen-bond donors (Lipinski definition) is 0. The van der Waals surface area contributed by atoms with Crippen LogP contribution >= 0.6 is 0 Å². The first-order valence-corrected chi connectivity index (χ1v) is 3.80. The molecule has 0 aliphatic heterocycles. The summed E-state index contributed by atoms with van der Waals surface area (Å²) in [7, 11) is 0. The number of aromatic nitrogens is 1. The summed E-state index contributed by atoms with van der Waals surface area (Å²) in [5.41, 5.74) is 2.82. The van der Waals surface area contributed by atoms with Gasteiger partial charge in [0.2, 0.25) is 0 Å². The molecule has 1 heterocycles. The molecule has 1 aromatic heterocycles. The van der Waals surface area contributed by atoms with Gasteiger partial charge in [0, 0.05) is 11.6 Å². The highest BCUT2D eigenvalue weighted by atomic mass is 14.6. The number of nitrogens with one attached hydrogen (secondary N) is 1. The van der Waals surface area contributed by atoms with Gasteiger partial charge in [0.15, 0.2) is 12.4 Å². The average molecular weight is 136 g/mol. The average Bonchev–Trinajstić information content (AvgIpc) is 1.94. The van der Waals surface area contributed by atoms with Gasteiger partial charge in [-0.2, -0.15) is 0 Å². The molecular weight excluding hydrogens is 122 g/mol. The summed E-state index contributed by atoms with van der Waals surface area (Å²) in [6.45, 7) is 4.34. The van der Waals surface area contributed by atoms with Crippen molar-refractivity contribution in [2.24, 2.45) is 0 Å². The molecular formula is C9H14N+. The first-order valence-electron chi connectivity index (χ1n) is 3.80. The van der Waals surface area contributed by atoms with Crippen LogP contribution in [0.2, 0.25) is 0 Å². The van der Waals surface area contributed by atoms with E-state index in [9.17, 15) is 0 Å². The number of H-pyrrole nitrogens is 1. The van der Waals surface area contributed by atoms with Crippen LogP contribution in [0.3, 0.4) is 0 Å². The minimum atomic E-state index is 1.19. The second-order valence-electron chi connectivity index (χ2n) is 2.60. The third kappa shape index (κ3) is 1.56. The van der Waals surface area contributed by atoms with E-state index in [0.717, 1.165) is 0 Å². The van der Waals surface area contributed by atoms with Gasteiger partial charge in [0.1, 0.15) is 0 Å². The maximum absolute atomic E-state index is 3.06. The summed E-state index contributed by atoms with van der Waals surface area (Å²) < 4.78 is 0. The predicted molar refractivity (Wildman–Crippen MR) is 41.7 cm³/mol. The van der Waals surface area contributed by atoms with Gasteiger partial charge in [-0.1, -0.05) is 13.3 Å². The molecule has 1 heteroatoms. The summed E-state index contributed by atoms with van der Waals surface area (Å²) in [6, 6.07) is 2.15. The zero-order valence-corrected chi connectivity index (χ0v) is 6.65. The van der Waals surface area contributed by atoms with Crippen molar-refractivity contribution in [2.75, 3.05) is 0 Å². The molecule has 0 saturated carbocycles. The van der Waals surface area contributed by atoms with Gasteiger partial charge in [-0.15, -0.1) is 0 Å². The van der Waals surface area contributed by atoms with E-state index in [-0.39, 0.29) is 0 Å². The second-order valence-corrected chi connectivity index (χ2v) is 2.60. The number of rotatable bonds is 2. The Kier molecular flexibility index (Phi) is 2.43. The van der Waals surface area contributed by atoms with Crippen LogP contribution in [0, 0.1) is 6.92 Å². The van der Waals surface area contributed by atoms with Gasteiger partial charge in [0.05, 0.1) is 0 Å². The molecule has 0 amide bonds. The fourth-order valence-corrected chi connectivity index (χ4v) is 1.10. The third-order valence-electron chi connectivity index (χ3n) is 1.71. The van der Waals surface area contributed by atoms with E-state index < -0.39 is 0 Å². The van der Waals surface area contributed by atoms with Crippen LogP contribution in [0.25, 0.3) is 0 Å². The van der Waals surface area contributed by atoms with Gasteiger partial charge in [0.25, 0.3) is 0 Å². The Morgan fingerprint density at radius 1 is 1.50 bits per heavy atom. The van der Waals surface area contributed by atoms with Crippen molar-refractivity contribution in [1.29, 1.82) is 0 Å². The van der Waals surface area contributed by atoms with Crippen molar-refractivity contribution < 1.29 is 4.98 Å². The van der Waals surface area contributed by atoms with Crippen molar-refractivity contribution in [2.45, 2.75) is 26.7 Å². The Morgan fingerprint density at radius 2 is 2.30 bits per heavy atom. The van der Waals surface area contributed by atoms with E-state index in [4.69, 9.17) is 0 Å². The summed E-state index contributed by atoms with van der Waals surface area (Å²) in [5, 5.41) is 0. The third-order valence-corrected chi connectivity index (χ3v) is 1.71. The topological polar surface area (TPSA) is 14.1 Å². The molecule has 0 aliphatic rings. The van der Waals surface area contributed by atoms with Crippen LogP contribution in [0.5, 0.6) is 0 Å². The largest absolute Gasteiger partial charge is 0.218 e. The van der Waals surface area contributed by atoms with Crippen molar-refractivity contribution in [3.8, 4) is 0 Å². The predicted octanol–water partition coefficient (Wildman–Crippen LogP) is 1.76. The van der Waals surface area contributed by atoms with Gasteiger partial charge in [-0.3, -0.25) is 0 Å². The molecule has 10 heavy (non-hydrogen) atoms. The lowest BCUT2D eigenvalue weighted by Crippen LogP contribution is -2.02. The monoisotopic (exact) mass is 136 g/mol. The number of hydrogen-bond acceptors (Lipinski definition) is 0. The summed E-state index contributed by atoms with van der Waals surface area (Å²) >= 11 is 0. The van der Waals surface area contributed by atoms with E-state index in [0.29, 0.717) is 0 Å². The van der Waals surface area contributed by atoms with Crippen molar-refractivity contribution in [1.82, 2.24) is 0 Å². The van der Waals surface area contributed by atoms with Gasteiger partial charge >= 0.3 is 0 Å². The van der Waals surface area contributed by atoms with Crippen molar-refractivity contribution >= 4 is 0 Å². The SMILES string of the molecule is CCCc1cc[nH+]cc1C. The molecule has 0 aliphatic carbocycles. The standard InChI is InChI=1S/C9H13N/c1-3-4-9-5-6-10-7-8(9)2/h5-7H,3-4H2,1-2H3/p+1. The molecule has 0 unspecified atom stereocenters. The van der Waals surface area contributed by atoms with E-state index in [2.05, 4.69) is 24.9 Å². The first-order chi connectivity index (χ1) is 4.84. The van der Waals surface area contributed by atoms with Gasteiger partial charge in [-0.05, 0) is 18.9 Å². The Balaban J connectivity index is 2.81. The maximum atomic E-state index is 3.06. The van der Waals surface area contributed by atoms with E-state index in [1.54, 1.807) is 0 Å². The lowest BCUT2D eigenvalue weighted by molar-refractivity contribution is -0.378. The normalized spacial score (nSPS) is 9.80. The highest BCUT2D eigenvalue weighted by Crippen LogP contribution is 2.05. The molecule has 0 radical (unpaired) electrons. The minimum absolute atomic E-state index is 1.19. The number of pyridine rings is 1. The summed E-state index contributed by atoms with van der Waals surface area (Å²) in [5.74, 6) is 0. The van der Waals surface area contributed by atoms with Crippen LogP contribution in [0.15, 0.2) is 18.5 Å². The molecule has 54 valence electrons. The van der Waals surface area contributed by atoms with E-state index >= 15 is 0 Å². The second kappa shape index (κ2) is 3.35. The molecule has 0 saturated heterocycles. The van der Waals surface area contributed by atoms with Crippen molar-refractivity contribution in [3.63, 3.8) is 0 Å². The smallest absolute Gasteiger partial charge is 0.170 e. The summed E-state index contributed by atoms with van der Waals surface area (Å²) in [4.78, 5) is 3.06. The lowest BCUT2D eigenvalue weighted by atomic mass is 10.1. The Bertz CT molecular complexity index is 206. The number of aromatic amines is 1. The molecule has 1 N–H and O–H groups in total. The molecule has 0 fully saturated rings. The molecule has 0 bridgehead atoms. The Morgan fingerprint density at radius 3 is 2.90 bits per heavy atom. The van der Waals surface area contributed by atoms with E-state index in [1.807, 2.05) is 12.4 Å². The Hall–Kier alpha value is -0.850. The fraction of sp³-hybridized carbons (Fsp3) is 0.444. The summed E-state index contributed by atoms with van der Waals surface area (Å²) in [6.07, 6.45) is 6.45. The lowest BCUT2D eigenvalue weighted by Gasteiger charge is -1.97. The molecule has 1 nitrogen and oxygen atoms in total. The maximum Gasteiger partial charge on any atom is 0.170 e. The molecule has 1 rings (SSSR count). The number of aryl methyl sites for hydroxylation is 2. The minimum Gasteiger partial charge on any atom is -0.218 e.